The van der Waals surface area contributed by atoms with Gasteiger partial charge in [0.2, 0.25) is 0 Å². The van der Waals surface area contributed by atoms with Gasteiger partial charge in [-0.2, -0.15) is 0 Å². The number of hydrogen-bond acceptors (Lipinski definition) is 5. The Morgan fingerprint density at radius 1 is 1.19 bits per heavy atom. The quantitative estimate of drug-likeness (QED) is 0.443. The molecule has 0 radical (unpaired) electrons. The summed E-state index contributed by atoms with van der Waals surface area (Å²) in [7, 11) is 1.33. The van der Waals surface area contributed by atoms with E-state index >= 15 is 0 Å². The van der Waals surface area contributed by atoms with Gasteiger partial charge >= 0.3 is 0 Å². The second kappa shape index (κ2) is 4.39. The summed E-state index contributed by atoms with van der Waals surface area (Å²) >= 11 is 0. The Kier molecular flexibility index (Phi) is 3.19. The van der Waals surface area contributed by atoms with Crippen LogP contribution in [0.15, 0.2) is 24.8 Å². The number of methoxy groups -OCH3 is 1. The molecule has 0 bridgehead atoms. The molecule has 0 fully saturated rings. The fraction of sp³-hybridized carbons (Fsp3) is 0.111. The third-order valence-electron chi connectivity index (χ3n) is 1.89. The Balaban J connectivity index is 3.35. The van der Waals surface area contributed by atoms with Crippen LogP contribution in [0.25, 0.3) is 5.76 Å². The first-order chi connectivity index (χ1) is 7.45. The monoisotopic (exact) mass is 224 g/mol. The minimum absolute atomic E-state index is 0.131. The number of ether oxygens (including phenoxy) is 1. The van der Waals surface area contributed by atoms with Gasteiger partial charge < -0.3 is 4.74 Å². The highest BCUT2D eigenvalue weighted by atomic mass is 16.6. The van der Waals surface area contributed by atoms with Crippen LogP contribution in [0, 0.1) is 20.2 Å². The smallest absolute Gasteiger partial charge is 0.277 e. The van der Waals surface area contributed by atoms with Gasteiger partial charge in [-0.05, 0) is 0 Å². The molecule has 0 saturated carbocycles. The lowest BCUT2D eigenvalue weighted by Crippen LogP contribution is -1.95. The first-order valence-corrected chi connectivity index (χ1v) is 4.13. The van der Waals surface area contributed by atoms with Crippen LogP contribution in [0.1, 0.15) is 5.56 Å². The van der Waals surface area contributed by atoms with Crippen molar-refractivity contribution in [3.63, 3.8) is 0 Å². The van der Waals surface area contributed by atoms with Crippen molar-refractivity contribution in [2.75, 3.05) is 7.11 Å². The minimum atomic E-state index is -0.709. The van der Waals surface area contributed by atoms with E-state index < -0.39 is 9.85 Å². The summed E-state index contributed by atoms with van der Waals surface area (Å²) in [6.45, 7) is 3.48. The van der Waals surface area contributed by atoms with Gasteiger partial charge in [0.15, 0.2) is 0 Å². The minimum Gasteiger partial charge on any atom is -0.497 e. The number of hydrogen-bond donors (Lipinski definition) is 0. The molecule has 0 aliphatic heterocycles. The Morgan fingerprint density at radius 3 is 1.94 bits per heavy atom. The molecule has 0 aromatic heterocycles. The summed E-state index contributed by atoms with van der Waals surface area (Å²) in [5, 5.41) is 21.1. The molecule has 7 heteroatoms. The second-order valence-electron chi connectivity index (χ2n) is 2.88. The molecule has 0 spiro atoms. The molecule has 0 N–H and O–H groups in total. The summed E-state index contributed by atoms with van der Waals surface area (Å²) in [5.74, 6) is 0.131. The predicted octanol–water partition coefficient (Wildman–Crippen LogP) is 2.12. The van der Waals surface area contributed by atoms with E-state index in [0.717, 1.165) is 6.07 Å². The van der Waals surface area contributed by atoms with Crippen molar-refractivity contribution in [2.45, 2.75) is 0 Å². The largest absolute Gasteiger partial charge is 0.497 e. The number of nitrogens with zero attached hydrogens (tertiary/aromatic N) is 2. The van der Waals surface area contributed by atoms with Crippen LogP contribution in [0.4, 0.5) is 11.4 Å². The van der Waals surface area contributed by atoms with E-state index in [1.807, 2.05) is 0 Å². The van der Waals surface area contributed by atoms with Gasteiger partial charge in [0, 0.05) is 17.7 Å². The maximum Gasteiger partial charge on any atom is 0.277 e. The highest BCUT2D eigenvalue weighted by Crippen LogP contribution is 2.26. The molecule has 0 aliphatic carbocycles. The van der Waals surface area contributed by atoms with Crippen molar-refractivity contribution in [3.05, 3.63) is 50.6 Å². The maximum atomic E-state index is 10.6. The fourth-order valence-electron chi connectivity index (χ4n) is 1.08. The summed E-state index contributed by atoms with van der Waals surface area (Å²) in [6.07, 6.45) is 0. The van der Waals surface area contributed by atoms with Crippen molar-refractivity contribution in [1.29, 1.82) is 0 Å². The van der Waals surface area contributed by atoms with Crippen LogP contribution in [-0.4, -0.2) is 17.0 Å². The van der Waals surface area contributed by atoms with Gasteiger partial charge in [-0.1, -0.05) is 6.58 Å². The third-order valence-corrected chi connectivity index (χ3v) is 1.89. The van der Waals surface area contributed by atoms with Crippen molar-refractivity contribution in [2.24, 2.45) is 0 Å². The first kappa shape index (κ1) is 11.6. The zero-order valence-corrected chi connectivity index (χ0v) is 8.37. The Bertz CT molecular complexity index is 437. The zero-order valence-electron chi connectivity index (χ0n) is 8.37. The average molecular weight is 224 g/mol. The number of nitro benzene ring substituents is 2. The molecule has 1 rings (SSSR count). The van der Waals surface area contributed by atoms with Crippen LogP contribution in [0.3, 0.4) is 0 Å². The van der Waals surface area contributed by atoms with Crippen molar-refractivity contribution in [1.82, 2.24) is 0 Å². The van der Waals surface area contributed by atoms with Gasteiger partial charge in [0.05, 0.1) is 23.0 Å². The zero-order chi connectivity index (χ0) is 12.3. The van der Waals surface area contributed by atoms with E-state index in [9.17, 15) is 20.2 Å². The van der Waals surface area contributed by atoms with Crippen molar-refractivity contribution >= 4 is 17.1 Å². The molecule has 0 amide bonds. The van der Waals surface area contributed by atoms with Gasteiger partial charge in [0.25, 0.3) is 11.4 Å². The number of benzene rings is 1. The Labute approximate surface area is 90.3 Å². The third kappa shape index (κ3) is 2.32. The lowest BCUT2D eigenvalue weighted by atomic mass is 10.1. The molecule has 0 atom stereocenters. The highest BCUT2D eigenvalue weighted by Gasteiger charge is 2.17. The van der Waals surface area contributed by atoms with Crippen molar-refractivity contribution in [3.8, 4) is 0 Å². The van der Waals surface area contributed by atoms with E-state index in [0.29, 0.717) is 0 Å². The molecule has 0 saturated heterocycles. The van der Waals surface area contributed by atoms with Gasteiger partial charge in [0.1, 0.15) is 5.76 Å². The predicted molar refractivity (Wildman–Crippen MR) is 55.8 cm³/mol. The Morgan fingerprint density at radius 2 is 1.62 bits per heavy atom. The molecule has 1 aromatic carbocycles. The van der Waals surface area contributed by atoms with Gasteiger partial charge in [-0.15, -0.1) is 0 Å². The standard InChI is InChI=1S/C9H8N2O5/c1-6(16-2)7-3-8(10(12)13)5-9(4-7)11(14)15/h3-5H,1H2,2H3. The average Bonchev–Trinajstić information content (AvgIpc) is 2.27. The van der Waals surface area contributed by atoms with E-state index in [2.05, 4.69) is 6.58 Å². The molecule has 0 aliphatic rings. The maximum absolute atomic E-state index is 10.6. The van der Waals surface area contributed by atoms with E-state index in [-0.39, 0.29) is 22.7 Å². The molecule has 84 valence electrons. The number of non-ortho nitro benzene ring substituents is 2. The molecule has 0 heterocycles. The van der Waals surface area contributed by atoms with E-state index in [1.54, 1.807) is 0 Å². The summed E-state index contributed by atoms with van der Waals surface area (Å²) in [5.41, 5.74) is -0.534. The molecular formula is C9H8N2O5. The molecule has 16 heavy (non-hydrogen) atoms. The molecule has 0 unspecified atom stereocenters. The van der Waals surface area contributed by atoms with Crippen LogP contribution in [0.5, 0.6) is 0 Å². The lowest BCUT2D eigenvalue weighted by Gasteiger charge is -2.03. The number of rotatable bonds is 4. The summed E-state index contributed by atoms with van der Waals surface area (Å²) < 4.78 is 4.77. The van der Waals surface area contributed by atoms with Crippen LogP contribution in [-0.2, 0) is 4.74 Å². The fourth-order valence-corrected chi connectivity index (χ4v) is 1.08. The van der Waals surface area contributed by atoms with Crippen LogP contribution in [0.2, 0.25) is 0 Å². The molecule has 1 aromatic rings. The SMILES string of the molecule is C=C(OC)c1cc([N+](=O)[O-])cc([N+](=O)[O-])c1. The Hall–Kier alpha value is -2.44. The normalized spacial score (nSPS) is 9.56. The first-order valence-electron chi connectivity index (χ1n) is 4.13. The van der Waals surface area contributed by atoms with E-state index in [4.69, 9.17) is 4.74 Å². The molecular weight excluding hydrogens is 216 g/mol. The second-order valence-corrected chi connectivity index (χ2v) is 2.88. The van der Waals surface area contributed by atoms with E-state index in [1.165, 1.54) is 19.2 Å². The molecule has 7 nitrogen and oxygen atoms in total. The highest BCUT2D eigenvalue weighted by molar-refractivity contribution is 5.64. The van der Waals surface area contributed by atoms with Gasteiger partial charge in [-0.25, -0.2) is 0 Å². The van der Waals surface area contributed by atoms with Crippen LogP contribution < -0.4 is 0 Å². The number of nitro groups is 2. The summed E-state index contributed by atoms with van der Waals surface area (Å²) in [4.78, 5) is 19.7. The topological polar surface area (TPSA) is 95.5 Å². The lowest BCUT2D eigenvalue weighted by molar-refractivity contribution is -0.394. The van der Waals surface area contributed by atoms with Gasteiger partial charge in [-0.3, -0.25) is 20.2 Å². The van der Waals surface area contributed by atoms with Crippen LogP contribution >= 0.6 is 0 Å². The van der Waals surface area contributed by atoms with Crippen molar-refractivity contribution < 1.29 is 14.6 Å². The summed E-state index contributed by atoms with van der Waals surface area (Å²) in [6, 6.07) is 3.21.